The van der Waals surface area contributed by atoms with Gasteiger partial charge in [0.2, 0.25) is 0 Å². The van der Waals surface area contributed by atoms with Crippen LogP contribution in [0, 0.1) is 23.1 Å². The Morgan fingerprint density at radius 2 is 1.80 bits per heavy atom. The molecule has 0 aliphatic carbocycles. The molecule has 3 aromatic carbocycles. The Bertz CT molecular complexity index is 1830. The number of hydrogen-bond donors (Lipinski definition) is 1. The summed E-state index contributed by atoms with van der Waals surface area (Å²) in [4.78, 5) is 14.3. The van der Waals surface area contributed by atoms with E-state index >= 15 is 0 Å². The summed E-state index contributed by atoms with van der Waals surface area (Å²) in [5.41, 5.74) is 3.28. The SMILES string of the molecule is N#Cc1sccc1-c1c(-c2cccc(N3CC(C(=O)O)C3)c2)n(Sc2ccc(C(F)(F)F)cc2)c2ccc(F)cc12. The topological polar surface area (TPSA) is 69.3 Å². The number of halogens is 4. The molecule has 2 aromatic heterocycles. The van der Waals surface area contributed by atoms with Crippen molar-refractivity contribution in [1.29, 1.82) is 5.26 Å². The van der Waals surface area contributed by atoms with Crippen molar-refractivity contribution in [3.05, 3.63) is 94.4 Å². The molecular formula is C30H19F4N3O2S2. The van der Waals surface area contributed by atoms with Crippen LogP contribution in [0.4, 0.5) is 23.2 Å². The van der Waals surface area contributed by atoms with Crippen LogP contribution in [0.15, 0.2) is 83.1 Å². The molecule has 5 aromatic rings. The van der Waals surface area contributed by atoms with Crippen LogP contribution in [0.3, 0.4) is 0 Å². The Hall–Kier alpha value is -4.27. The second-order valence-electron chi connectivity index (χ2n) is 9.56. The second kappa shape index (κ2) is 10.3. The fourth-order valence-electron chi connectivity index (χ4n) is 4.96. The van der Waals surface area contributed by atoms with Crippen LogP contribution in [0.1, 0.15) is 10.4 Å². The number of benzene rings is 3. The maximum atomic E-state index is 14.7. The summed E-state index contributed by atoms with van der Waals surface area (Å²) in [6.07, 6.45) is -4.47. The maximum absolute atomic E-state index is 14.7. The molecule has 0 saturated carbocycles. The van der Waals surface area contributed by atoms with Crippen molar-refractivity contribution >= 4 is 45.8 Å². The summed E-state index contributed by atoms with van der Waals surface area (Å²) in [5.74, 6) is -1.77. The second-order valence-corrected chi connectivity index (χ2v) is 11.5. The molecule has 11 heteroatoms. The van der Waals surface area contributed by atoms with Gasteiger partial charge in [-0.3, -0.25) is 8.77 Å². The van der Waals surface area contributed by atoms with Crippen LogP contribution in [-0.2, 0) is 11.0 Å². The van der Waals surface area contributed by atoms with E-state index < -0.39 is 29.4 Å². The molecule has 0 unspecified atom stereocenters. The summed E-state index contributed by atoms with van der Waals surface area (Å²) in [7, 11) is 0. The van der Waals surface area contributed by atoms with Crippen molar-refractivity contribution in [2.45, 2.75) is 11.1 Å². The van der Waals surface area contributed by atoms with Crippen molar-refractivity contribution < 1.29 is 27.5 Å². The van der Waals surface area contributed by atoms with Crippen molar-refractivity contribution in [2.75, 3.05) is 18.0 Å². The van der Waals surface area contributed by atoms with E-state index in [0.29, 0.717) is 50.6 Å². The first-order valence-electron chi connectivity index (χ1n) is 12.4. The fraction of sp³-hybridized carbons (Fsp3) is 0.133. The van der Waals surface area contributed by atoms with Gasteiger partial charge in [0.1, 0.15) is 16.8 Å². The molecule has 206 valence electrons. The molecule has 0 bridgehead atoms. The number of nitrogens with zero attached hydrogens (tertiary/aromatic N) is 3. The molecular weight excluding hydrogens is 574 g/mol. The maximum Gasteiger partial charge on any atom is 0.416 e. The molecule has 1 fully saturated rings. The average molecular weight is 594 g/mol. The van der Waals surface area contributed by atoms with Crippen molar-refractivity contribution in [3.8, 4) is 28.5 Å². The summed E-state index contributed by atoms with van der Waals surface area (Å²) in [6.45, 7) is 0.729. The van der Waals surface area contributed by atoms with Gasteiger partial charge >= 0.3 is 12.1 Å². The van der Waals surface area contributed by atoms with Gasteiger partial charge in [0.15, 0.2) is 0 Å². The van der Waals surface area contributed by atoms with Crippen LogP contribution in [0.2, 0.25) is 0 Å². The molecule has 3 heterocycles. The Kier molecular flexibility index (Phi) is 6.76. The number of carbonyl (C=O) groups is 1. The van der Waals surface area contributed by atoms with Crippen molar-refractivity contribution in [2.24, 2.45) is 5.92 Å². The molecule has 1 aliphatic heterocycles. The van der Waals surface area contributed by atoms with E-state index in [4.69, 9.17) is 0 Å². The molecule has 1 aliphatic rings. The van der Waals surface area contributed by atoms with Gasteiger partial charge in [-0.15, -0.1) is 11.3 Å². The Labute approximate surface area is 240 Å². The number of hydrogen-bond acceptors (Lipinski definition) is 5. The Morgan fingerprint density at radius 1 is 1.05 bits per heavy atom. The third-order valence-electron chi connectivity index (χ3n) is 7.02. The first kappa shape index (κ1) is 26.9. The van der Waals surface area contributed by atoms with Crippen LogP contribution in [-0.4, -0.2) is 28.1 Å². The molecule has 0 spiro atoms. The molecule has 0 radical (unpaired) electrons. The molecule has 1 saturated heterocycles. The van der Waals surface area contributed by atoms with E-state index in [2.05, 4.69) is 6.07 Å². The standard InChI is InChI=1S/C30H19F4N3O2S2/c31-20-6-9-25-24(13-20)27(23-10-11-40-26(23)14-35)28(37(25)41-22-7-4-19(5-8-22)30(32,33)34)17-2-1-3-21(12-17)36-15-18(16-36)29(38)39/h1-13,18H,15-16H2,(H,38,39). The number of nitriles is 1. The lowest BCUT2D eigenvalue weighted by Crippen LogP contribution is -2.50. The van der Waals surface area contributed by atoms with Crippen LogP contribution in [0.5, 0.6) is 0 Å². The largest absolute Gasteiger partial charge is 0.481 e. The zero-order valence-electron chi connectivity index (χ0n) is 21.0. The minimum Gasteiger partial charge on any atom is -0.481 e. The molecule has 6 rings (SSSR count). The number of aromatic nitrogens is 1. The monoisotopic (exact) mass is 593 g/mol. The van der Waals surface area contributed by atoms with E-state index in [9.17, 15) is 32.7 Å². The van der Waals surface area contributed by atoms with Gasteiger partial charge in [-0.1, -0.05) is 12.1 Å². The zero-order chi connectivity index (χ0) is 28.9. The third kappa shape index (κ3) is 4.94. The van der Waals surface area contributed by atoms with Crippen LogP contribution >= 0.6 is 23.3 Å². The summed E-state index contributed by atoms with van der Waals surface area (Å²) in [5, 5.41) is 21.5. The number of anilines is 1. The van der Waals surface area contributed by atoms with Gasteiger partial charge in [-0.2, -0.15) is 18.4 Å². The molecule has 0 amide bonds. The van der Waals surface area contributed by atoms with Crippen LogP contribution in [0.25, 0.3) is 33.3 Å². The first-order valence-corrected chi connectivity index (χ1v) is 14.0. The lowest BCUT2D eigenvalue weighted by Gasteiger charge is -2.38. The van der Waals surface area contributed by atoms with Gasteiger partial charge in [0.25, 0.3) is 0 Å². The van der Waals surface area contributed by atoms with E-state index in [-0.39, 0.29) is 0 Å². The van der Waals surface area contributed by atoms with Gasteiger partial charge < -0.3 is 10.0 Å². The van der Waals surface area contributed by atoms with E-state index in [1.807, 2.05) is 33.1 Å². The van der Waals surface area contributed by atoms with Crippen molar-refractivity contribution in [3.63, 3.8) is 0 Å². The summed E-state index contributed by atoms with van der Waals surface area (Å²) in [6, 6.07) is 20.7. The highest BCUT2D eigenvalue weighted by atomic mass is 32.2. The molecule has 0 atom stereocenters. The number of carboxylic acid groups (broad SMARTS) is 1. The summed E-state index contributed by atoms with van der Waals surface area (Å²) < 4.78 is 56.1. The molecule has 1 N–H and O–H groups in total. The Balaban J connectivity index is 1.56. The predicted molar refractivity (Wildman–Crippen MR) is 151 cm³/mol. The number of thiophene rings is 1. The highest BCUT2D eigenvalue weighted by Gasteiger charge is 2.33. The fourth-order valence-corrected chi connectivity index (χ4v) is 6.67. The first-order chi connectivity index (χ1) is 19.6. The number of aliphatic carboxylic acids is 1. The summed E-state index contributed by atoms with van der Waals surface area (Å²) >= 11 is 2.45. The normalized spacial score (nSPS) is 13.8. The minimum atomic E-state index is -4.47. The van der Waals surface area contributed by atoms with E-state index in [0.717, 1.165) is 23.4 Å². The predicted octanol–water partition coefficient (Wildman–Crippen LogP) is 8.14. The molecule has 5 nitrogen and oxygen atoms in total. The zero-order valence-corrected chi connectivity index (χ0v) is 22.7. The van der Waals surface area contributed by atoms with Crippen molar-refractivity contribution in [1.82, 2.24) is 3.97 Å². The van der Waals surface area contributed by atoms with Gasteiger partial charge in [-0.05, 0) is 78.0 Å². The highest BCUT2D eigenvalue weighted by Crippen LogP contribution is 2.47. The van der Waals surface area contributed by atoms with Crippen LogP contribution < -0.4 is 4.90 Å². The third-order valence-corrected chi connectivity index (χ3v) is 8.88. The lowest BCUT2D eigenvalue weighted by molar-refractivity contribution is -0.142. The smallest absolute Gasteiger partial charge is 0.416 e. The number of rotatable bonds is 6. The molecule has 41 heavy (non-hydrogen) atoms. The van der Waals surface area contributed by atoms with E-state index in [1.165, 1.54) is 47.6 Å². The minimum absolute atomic E-state index is 0.364. The Morgan fingerprint density at radius 3 is 2.49 bits per heavy atom. The number of alkyl halides is 3. The number of carboxylic acids is 1. The quantitative estimate of drug-likeness (QED) is 0.201. The van der Waals surface area contributed by atoms with E-state index in [1.54, 1.807) is 17.5 Å². The van der Waals surface area contributed by atoms with Gasteiger partial charge in [0.05, 0.1) is 22.7 Å². The average Bonchev–Trinajstić information content (AvgIpc) is 3.49. The lowest BCUT2D eigenvalue weighted by atomic mass is 9.96. The van der Waals surface area contributed by atoms with Gasteiger partial charge in [0, 0.05) is 45.7 Å². The number of fused-ring (bicyclic) bond motifs is 1. The van der Waals surface area contributed by atoms with Gasteiger partial charge in [-0.25, -0.2) is 4.39 Å². The highest BCUT2D eigenvalue weighted by molar-refractivity contribution is 7.98.